The Kier molecular flexibility index (Phi) is 8.84. The fraction of sp³-hybridized carbons (Fsp3) is 0.478. The molecule has 0 radical (unpaired) electrons. The van der Waals surface area contributed by atoms with E-state index in [1.165, 1.54) is 5.69 Å². The van der Waals surface area contributed by atoms with E-state index >= 15 is 0 Å². The highest BCUT2D eigenvalue weighted by atomic mass is 127. The summed E-state index contributed by atoms with van der Waals surface area (Å²) in [5.74, 6) is 1.58. The lowest BCUT2D eigenvalue weighted by Crippen LogP contribution is -2.51. The Morgan fingerprint density at radius 1 is 1.03 bits per heavy atom. The summed E-state index contributed by atoms with van der Waals surface area (Å²) in [6.07, 6.45) is 2.33. The number of aromatic nitrogens is 1. The van der Waals surface area contributed by atoms with Gasteiger partial charge in [0.2, 0.25) is 0 Å². The van der Waals surface area contributed by atoms with Gasteiger partial charge in [-0.1, -0.05) is 17.7 Å². The number of ether oxygens (including phenoxy) is 1. The Hall–Kier alpha value is -1.78. The molecular formula is C23H32ClIN6O. The van der Waals surface area contributed by atoms with Crippen LogP contribution in [0.5, 0.6) is 0 Å². The number of guanidine groups is 1. The monoisotopic (exact) mass is 570 g/mol. The molecule has 1 aromatic heterocycles. The Morgan fingerprint density at radius 2 is 1.69 bits per heavy atom. The number of hydrogen-bond acceptors (Lipinski definition) is 5. The van der Waals surface area contributed by atoms with Gasteiger partial charge in [-0.05, 0) is 49.7 Å². The van der Waals surface area contributed by atoms with Gasteiger partial charge in [0.15, 0.2) is 5.96 Å². The number of pyridine rings is 1. The number of morpholine rings is 1. The molecule has 0 saturated carbocycles. The van der Waals surface area contributed by atoms with E-state index in [0.29, 0.717) is 12.5 Å². The molecule has 2 aliphatic rings. The van der Waals surface area contributed by atoms with Gasteiger partial charge < -0.3 is 25.2 Å². The lowest BCUT2D eigenvalue weighted by Gasteiger charge is -2.36. The summed E-state index contributed by atoms with van der Waals surface area (Å²) in [5.41, 5.74) is 8.52. The maximum absolute atomic E-state index is 6.28. The highest BCUT2D eigenvalue weighted by Gasteiger charge is 2.23. The molecule has 0 spiro atoms. The van der Waals surface area contributed by atoms with E-state index in [2.05, 4.69) is 62.8 Å². The molecule has 2 saturated heterocycles. The molecule has 9 heteroatoms. The van der Waals surface area contributed by atoms with Crippen molar-refractivity contribution < 1.29 is 4.74 Å². The number of nitrogens with zero attached hydrogens (tertiary/aromatic N) is 5. The van der Waals surface area contributed by atoms with Crippen LogP contribution in [0.25, 0.3) is 0 Å². The number of piperazine rings is 1. The number of nitrogens with two attached hydrogens (primary N) is 1. The van der Waals surface area contributed by atoms with Crippen LogP contribution in [-0.4, -0.2) is 67.3 Å². The minimum absolute atomic E-state index is 0. The fourth-order valence-electron chi connectivity index (χ4n) is 4.18. The fourth-order valence-corrected chi connectivity index (χ4v) is 4.31. The van der Waals surface area contributed by atoms with E-state index in [-0.39, 0.29) is 36.2 Å². The van der Waals surface area contributed by atoms with Crippen LogP contribution in [0.1, 0.15) is 19.4 Å². The zero-order chi connectivity index (χ0) is 21.8. The van der Waals surface area contributed by atoms with Crippen LogP contribution < -0.4 is 15.5 Å². The topological polar surface area (TPSA) is 70.2 Å². The molecule has 2 aromatic rings. The Bertz CT molecular complexity index is 876. The SMILES string of the molecule is CC1CN(c2ccc(CN=C(N)N3CCN(c4ccc(Cl)cc4)CC3)cn2)CC(C)O1.I. The second-order valence-corrected chi connectivity index (χ2v) is 8.75. The van der Waals surface area contributed by atoms with Crippen molar-refractivity contribution in [3.63, 3.8) is 0 Å². The first kappa shape index (κ1) is 24.9. The van der Waals surface area contributed by atoms with Gasteiger partial charge in [0, 0.05) is 56.2 Å². The van der Waals surface area contributed by atoms with Crippen LogP contribution in [0.15, 0.2) is 47.6 Å². The summed E-state index contributed by atoms with van der Waals surface area (Å²) >= 11 is 5.99. The van der Waals surface area contributed by atoms with Crippen molar-refractivity contribution in [1.82, 2.24) is 9.88 Å². The minimum atomic E-state index is 0. The zero-order valence-electron chi connectivity index (χ0n) is 18.7. The average molecular weight is 571 g/mol. The van der Waals surface area contributed by atoms with E-state index in [0.717, 1.165) is 55.7 Å². The predicted molar refractivity (Wildman–Crippen MR) is 142 cm³/mol. The Balaban J connectivity index is 0.00000289. The van der Waals surface area contributed by atoms with Gasteiger partial charge in [0.05, 0.1) is 18.8 Å². The molecule has 1 aromatic carbocycles. The molecule has 2 unspecified atom stereocenters. The van der Waals surface area contributed by atoms with Gasteiger partial charge in [-0.3, -0.25) is 0 Å². The molecule has 2 atom stereocenters. The normalized spacial score (nSPS) is 22.0. The third-order valence-corrected chi connectivity index (χ3v) is 6.02. The van der Waals surface area contributed by atoms with E-state index in [9.17, 15) is 0 Å². The molecule has 4 rings (SSSR count). The molecule has 2 aliphatic heterocycles. The largest absolute Gasteiger partial charge is 0.372 e. The smallest absolute Gasteiger partial charge is 0.191 e. The van der Waals surface area contributed by atoms with Gasteiger partial charge in [-0.2, -0.15) is 0 Å². The molecule has 0 aliphatic carbocycles. The van der Waals surface area contributed by atoms with E-state index in [4.69, 9.17) is 22.1 Å². The molecule has 0 amide bonds. The van der Waals surface area contributed by atoms with Crippen LogP contribution >= 0.6 is 35.6 Å². The highest BCUT2D eigenvalue weighted by Crippen LogP contribution is 2.20. The molecule has 3 heterocycles. The van der Waals surface area contributed by atoms with Gasteiger partial charge in [-0.15, -0.1) is 24.0 Å². The first-order valence-electron chi connectivity index (χ1n) is 10.9. The van der Waals surface area contributed by atoms with Crippen LogP contribution in [0, 0.1) is 0 Å². The average Bonchev–Trinajstić information content (AvgIpc) is 2.78. The van der Waals surface area contributed by atoms with Crippen LogP contribution in [0.4, 0.5) is 11.5 Å². The number of aliphatic imine (C=N–C) groups is 1. The van der Waals surface area contributed by atoms with Crippen LogP contribution in [-0.2, 0) is 11.3 Å². The molecule has 0 bridgehead atoms. The summed E-state index contributed by atoms with van der Waals surface area (Å²) in [7, 11) is 0. The third kappa shape index (κ3) is 6.39. The highest BCUT2D eigenvalue weighted by molar-refractivity contribution is 14.0. The Morgan fingerprint density at radius 3 is 2.28 bits per heavy atom. The van der Waals surface area contributed by atoms with E-state index in [1.54, 1.807) is 0 Å². The molecule has 32 heavy (non-hydrogen) atoms. The van der Waals surface area contributed by atoms with Gasteiger partial charge in [0.25, 0.3) is 0 Å². The van der Waals surface area contributed by atoms with Gasteiger partial charge in [0.1, 0.15) is 5.82 Å². The van der Waals surface area contributed by atoms with Gasteiger partial charge >= 0.3 is 0 Å². The summed E-state index contributed by atoms with van der Waals surface area (Å²) in [6, 6.07) is 12.1. The standard InChI is InChI=1S/C23H31ClN6O.HI/c1-17-15-30(16-18(2)31-17)22-8-3-19(13-26-22)14-27-23(25)29-11-9-28(10-12-29)21-6-4-20(24)5-7-21;/h3-8,13,17-18H,9-12,14-16H2,1-2H3,(H2,25,27);1H. The number of rotatable bonds is 4. The third-order valence-electron chi connectivity index (χ3n) is 5.77. The lowest BCUT2D eigenvalue weighted by atomic mass is 10.2. The lowest BCUT2D eigenvalue weighted by molar-refractivity contribution is -0.00545. The van der Waals surface area contributed by atoms with Crippen molar-refractivity contribution in [2.24, 2.45) is 10.7 Å². The number of halogens is 2. The second kappa shape index (κ2) is 11.4. The summed E-state index contributed by atoms with van der Waals surface area (Å²) in [4.78, 5) is 16.0. The quantitative estimate of drug-likeness (QED) is 0.344. The van der Waals surface area contributed by atoms with Crippen LogP contribution in [0.2, 0.25) is 5.02 Å². The van der Waals surface area contributed by atoms with Crippen molar-refractivity contribution >= 4 is 53.0 Å². The van der Waals surface area contributed by atoms with Gasteiger partial charge in [-0.25, -0.2) is 9.98 Å². The van der Waals surface area contributed by atoms with Crippen molar-refractivity contribution in [3.8, 4) is 0 Å². The van der Waals surface area contributed by atoms with Crippen molar-refractivity contribution in [2.45, 2.75) is 32.6 Å². The molecule has 174 valence electrons. The van der Waals surface area contributed by atoms with E-state index in [1.807, 2.05) is 18.3 Å². The zero-order valence-corrected chi connectivity index (χ0v) is 21.7. The molecule has 2 N–H and O–H groups in total. The molecule has 7 nitrogen and oxygen atoms in total. The number of benzene rings is 1. The first-order valence-corrected chi connectivity index (χ1v) is 11.3. The maximum Gasteiger partial charge on any atom is 0.191 e. The van der Waals surface area contributed by atoms with Crippen molar-refractivity contribution in [2.75, 3.05) is 49.1 Å². The summed E-state index contributed by atoms with van der Waals surface area (Å²) < 4.78 is 5.81. The molecular weight excluding hydrogens is 539 g/mol. The van der Waals surface area contributed by atoms with Crippen molar-refractivity contribution in [1.29, 1.82) is 0 Å². The summed E-state index contributed by atoms with van der Waals surface area (Å²) in [6.45, 7) is 9.98. The predicted octanol–water partition coefficient (Wildman–Crippen LogP) is 3.60. The van der Waals surface area contributed by atoms with Crippen LogP contribution in [0.3, 0.4) is 0 Å². The number of hydrogen-bond donors (Lipinski definition) is 1. The maximum atomic E-state index is 6.28. The summed E-state index contributed by atoms with van der Waals surface area (Å²) in [5, 5.41) is 0.760. The molecule has 2 fully saturated rings. The minimum Gasteiger partial charge on any atom is -0.372 e. The second-order valence-electron chi connectivity index (χ2n) is 8.31. The first-order chi connectivity index (χ1) is 15.0. The Labute approximate surface area is 212 Å². The van der Waals surface area contributed by atoms with E-state index < -0.39 is 0 Å². The number of anilines is 2. The van der Waals surface area contributed by atoms with Crippen molar-refractivity contribution in [3.05, 3.63) is 53.2 Å².